The van der Waals surface area contributed by atoms with Crippen LogP contribution in [0.15, 0.2) is 36.5 Å². The summed E-state index contributed by atoms with van der Waals surface area (Å²) in [4.78, 5) is 25.4. The fraction of sp³-hybridized carbons (Fsp3) is 0.837. The predicted molar refractivity (Wildman–Crippen MR) is 238 cm³/mol. The molecule has 0 aromatic carbocycles. The van der Waals surface area contributed by atoms with Crippen LogP contribution in [0.2, 0.25) is 0 Å². The molecule has 1 aliphatic heterocycles. The van der Waals surface area contributed by atoms with E-state index in [1.54, 1.807) is 0 Å². The van der Waals surface area contributed by atoms with E-state index in [1.807, 2.05) is 0 Å². The molecule has 10 nitrogen and oxygen atoms in total. The first-order valence-electron chi connectivity index (χ1n) is 24.1. The number of allylic oxidation sites excluding steroid dienone is 6. The van der Waals surface area contributed by atoms with Crippen molar-refractivity contribution in [2.45, 2.75) is 243 Å². The van der Waals surface area contributed by atoms with Gasteiger partial charge in [-0.3, -0.25) is 9.59 Å². The average molecular weight is 837 g/mol. The number of aliphatic hydroxyl groups excluding tert-OH is 4. The molecule has 0 saturated carbocycles. The lowest BCUT2D eigenvalue weighted by atomic mass is 9.99. The molecule has 0 aromatic heterocycles. The summed E-state index contributed by atoms with van der Waals surface area (Å²) in [7, 11) is 0. The highest BCUT2D eigenvalue weighted by Crippen LogP contribution is 2.23. The molecule has 1 heterocycles. The number of rotatable bonds is 40. The quantitative estimate of drug-likeness (QED) is 0.0267. The number of esters is 2. The minimum atomic E-state index is -1.60. The summed E-state index contributed by atoms with van der Waals surface area (Å²) in [6.07, 6.45) is 38.7. The second kappa shape index (κ2) is 40.0. The van der Waals surface area contributed by atoms with Gasteiger partial charge in [-0.05, 0) is 64.2 Å². The van der Waals surface area contributed by atoms with Gasteiger partial charge in [0.2, 0.25) is 0 Å². The van der Waals surface area contributed by atoms with Crippen molar-refractivity contribution >= 4 is 11.9 Å². The molecule has 1 saturated heterocycles. The van der Waals surface area contributed by atoms with Gasteiger partial charge in [-0.15, -0.1) is 0 Å². The van der Waals surface area contributed by atoms with Gasteiger partial charge in [-0.1, -0.05) is 166 Å². The predicted octanol–water partition coefficient (Wildman–Crippen LogP) is 10.7. The molecule has 0 amide bonds. The Morgan fingerprint density at radius 3 is 1.49 bits per heavy atom. The fourth-order valence-corrected chi connectivity index (χ4v) is 7.16. The molecule has 1 fully saturated rings. The van der Waals surface area contributed by atoms with Crippen LogP contribution in [-0.2, 0) is 28.5 Å². The minimum absolute atomic E-state index is 0.214. The SMILES string of the molecule is CCC/C=C\C/C=C\CCCCCCCC(=O)OC(COC(=O)CCCCCCCCCCC/C=C\CCCCCCCCCC)COC1OC(CO)C(O)C(O)C1O. The summed E-state index contributed by atoms with van der Waals surface area (Å²) < 4.78 is 22.2. The lowest BCUT2D eigenvalue weighted by molar-refractivity contribution is -0.305. The van der Waals surface area contributed by atoms with Crippen LogP contribution in [0.1, 0.15) is 206 Å². The Kier molecular flexibility index (Phi) is 37.3. The van der Waals surface area contributed by atoms with Crippen molar-refractivity contribution < 1.29 is 49.0 Å². The normalized spacial score (nSPS) is 20.3. The molecule has 0 spiro atoms. The van der Waals surface area contributed by atoms with Crippen molar-refractivity contribution in [1.29, 1.82) is 0 Å². The number of hydrogen-bond acceptors (Lipinski definition) is 10. The topological polar surface area (TPSA) is 152 Å². The van der Waals surface area contributed by atoms with Gasteiger partial charge in [0.25, 0.3) is 0 Å². The molecule has 4 N–H and O–H groups in total. The number of carbonyl (C=O) groups is 2. The smallest absolute Gasteiger partial charge is 0.306 e. The lowest BCUT2D eigenvalue weighted by Crippen LogP contribution is -2.59. The first-order valence-corrected chi connectivity index (χ1v) is 24.1. The summed E-state index contributed by atoms with van der Waals surface area (Å²) in [6.45, 7) is 3.35. The second-order valence-electron chi connectivity index (χ2n) is 16.6. The van der Waals surface area contributed by atoms with Gasteiger partial charge in [0, 0.05) is 12.8 Å². The fourth-order valence-electron chi connectivity index (χ4n) is 7.16. The molecule has 0 radical (unpaired) electrons. The van der Waals surface area contributed by atoms with Crippen molar-refractivity contribution in [2.24, 2.45) is 0 Å². The lowest BCUT2D eigenvalue weighted by Gasteiger charge is -2.39. The van der Waals surface area contributed by atoms with Crippen molar-refractivity contribution in [1.82, 2.24) is 0 Å². The second-order valence-corrected chi connectivity index (χ2v) is 16.6. The monoisotopic (exact) mass is 837 g/mol. The summed E-state index contributed by atoms with van der Waals surface area (Å²) in [5, 5.41) is 40.1. The number of ether oxygens (including phenoxy) is 4. The first-order chi connectivity index (χ1) is 28.8. The van der Waals surface area contributed by atoms with E-state index in [9.17, 15) is 30.0 Å². The Morgan fingerprint density at radius 2 is 0.983 bits per heavy atom. The molecule has 0 bridgehead atoms. The third-order valence-electron chi connectivity index (χ3n) is 11.0. The molecular weight excluding hydrogens is 749 g/mol. The van der Waals surface area contributed by atoms with Crippen LogP contribution in [0, 0.1) is 0 Å². The van der Waals surface area contributed by atoms with E-state index < -0.39 is 49.4 Å². The number of aliphatic hydroxyl groups is 4. The van der Waals surface area contributed by atoms with Gasteiger partial charge in [-0.2, -0.15) is 0 Å². The molecule has 1 rings (SSSR count). The summed E-state index contributed by atoms with van der Waals surface area (Å²) in [6, 6.07) is 0. The zero-order valence-corrected chi connectivity index (χ0v) is 37.5. The van der Waals surface area contributed by atoms with E-state index in [1.165, 1.54) is 103 Å². The molecular formula is C49H88O10. The molecule has 59 heavy (non-hydrogen) atoms. The average Bonchev–Trinajstić information content (AvgIpc) is 3.23. The highest BCUT2D eigenvalue weighted by molar-refractivity contribution is 5.70. The zero-order chi connectivity index (χ0) is 43.0. The molecule has 10 heteroatoms. The van der Waals surface area contributed by atoms with Gasteiger partial charge < -0.3 is 39.4 Å². The third-order valence-corrected chi connectivity index (χ3v) is 11.0. The molecule has 6 unspecified atom stereocenters. The van der Waals surface area contributed by atoms with Crippen LogP contribution < -0.4 is 0 Å². The summed E-state index contributed by atoms with van der Waals surface area (Å²) >= 11 is 0. The minimum Gasteiger partial charge on any atom is -0.462 e. The molecule has 344 valence electrons. The maximum absolute atomic E-state index is 12.8. The van der Waals surface area contributed by atoms with Crippen molar-refractivity contribution in [3.05, 3.63) is 36.5 Å². The molecule has 1 aliphatic rings. The maximum Gasteiger partial charge on any atom is 0.306 e. The van der Waals surface area contributed by atoms with Crippen LogP contribution >= 0.6 is 0 Å². The van der Waals surface area contributed by atoms with Crippen molar-refractivity contribution in [3.8, 4) is 0 Å². The Hall–Kier alpha value is -2.08. The van der Waals surface area contributed by atoms with Gasteiger partial charge in [0.05, 0.1) is 13.2 Å². The Bertz CT molecular complexity index is 1060. The molecule has 6 atom stereocenters. The number of unbranched alkanes of at least 4 members (excludes halogenated alkanes) is 23. The largest absolute Gasteiger partial charge is 0.462 e. The van der Waals surface area contributed by atoms with Gasteiger partial charge in [0.1, 0.15) is 31.0 Å². The summed E-state index contributed by atoms with van der Waals surface area (Å²) in [5.74, 6) is -0.822. The maximum atomic E-state index is 12.8. The van der Waals surface area contributed by atoms with Crippen LogP contribution in [0.5, 0.6) is 0 Å². The van der Waals surface area contributed by atoms with Crippen LogP contribution in [0.3, 0.4) is 0 Å². The van der Waals surface area contributed by atoms with Crippen molar-refractivity contribution in [2.75, 3.05) is 19.8 Å². The Balaban J connectivity index is 2.27. The van der Waals surface area contributed by atoms with Gasteiger partial charge in [-0.25, -0.2) is 0 Å². The first kappa shape index (κ1) is 54.9. The standard InChI is InChI=1S/C49H88O10/c1-3-5-7-9-11-13-15-17-18-19-20-21-22-23-24-26-27-29-31-33-35-37-44(51)56-40-42(41-57-49-48(55)47(54)46(53)43(39-50)59-49)58-45(52)38-36-34-32-30-28-25-16-14-12-10-8-6-4-2/h8,10,14,16,19-20,42-43,46-50,53-55H,3-7,9,11-13,15,17-18,21-41H2,1-2H3/b10-8-,16-14-,20-19-. The third kappa shape index (κ3) is 31.4. The molecule has 0 aliphatic carbocycles. The van der Waals surface area contributed by atoms with E-state index in [0.29, 0.717) is 6.42 Å². The van der Waals surface area contributed by atoms with E-state index in [4.69, 9.17) is 18.9 Å². The number of hydrogen-bond donors (Lipinski definition) is 4. The van der Waals surface area contributed by atoms with Crippen LogP contribution in [0.25, 0.3) is 0 Å². The zero-order valence-electron chi connectivity index (χ0n) is 37.5. The van der Waals surface area contributed by atoms with E-state index >= 15 is 0 Å². The van der Waals surface area contributed by atoms with Crippen LogP contribution in [0.4, 0.5) is 0 Å². The van der Waals surface area contributed by atoms with Gasteiger partial charge >= 0.3 is 11.9 Å². The molecule has 0 aromatic rings. The Morgan fingerprint density at radius 1 is 0.525 bits per heavy atom. The number of carbonyl (C=O) groups excluding carboxylic acids is 2. The summed E-state index contributed by atoms with van der Waals surface area (Å²) in [5.41, 5.74) is 0. The highest BCUT2D eigenvalue weighted by atomic mass is 16.7. The van der Waals surface area contributed by atoms with E-state index in [-0.39, 0.29) is 32.0 Å². The van der Waals surface area contributed by atoms with E-state index in [2.05, 4.69) is 50.3 Å². The van der Waals surface area contributed by atoms with E-state index in [0.717, 1.165) is 70.6 Å². The van der Waals surface area contributed by atoms with Crippen molar-refractivity contribution in [3.63, 3.8) is 0 Å². The Labute approximate surface area is 359 Å². The highest BCUT2D eigenvalue weighted by Gasteiger charge is 2.44. The van der Waals surface area contributed by atoms with Crippen LogP contribution in [-0.4, -0.2) is 89.0 Å². The van der Waals surface area contributed by atoms with Gasteiger partial charge in [0.15, 0.2) is 12.4 Å².